The van der Waals surface area contributed by atoms with Crippen molar-refractivity contribution in [1.29, 1.82) is 0 Å². The van der Waals surface area contributed by atoms with E-state index in [-0.39, 0.29) is 12.1 Å². The molecule has 2 aliphatic rings. The molecule has 0 saturated carbocycles. The van der Waals surface area contributed by atoms with Crippen LogP contribution in [0.4, 0.5) is 10.6 Å². The number of carbonyl (C=O) groups is 1. The number of benzene rings is 1. The smallest absolute Gasteiger partial charge is 0.318 e. The van der Waals surface area contributed by atoms with Crippen molar-refractivity contribution in [2.45, 2.75) is 44.7 Å². The van der Waals surface area contributed by atoms with Crippen LogP contribution in [0.25, 0.3) is 0 Å². The van der Waals surface area contributed by atoms with Gasteiger partial charge in [-0.15, -0.1) is 0 Å². The number of amides is 2. The van der Waals surface area contributed by atoms with E-state index in [1.807, 2.05) is 35.4 Å². The Kier molecular flexibility index (Phi) is 6.79. The monoisotopic (exact) mass is 424 g/mol. The average Bonchev–Trinajstić information content (AvgIpc) is 3.32. The van der Waals surface area contributed by atoms with E-state index in [0.717, 1.165) is 60.9 Å². The van der Waals surface area contributed by atoms with Crippen molar-refractivity contribution in [3.8, 4) is 11.5 Å². The lowest BCUT2D eigenvalue weighted by Crippen LogP contribution is -2.39. The first-order valence-corrected chi connectivity index (χ1v) is 11.2. The molecule has 0 bridgehead atoms. The van der Waals surface area contributed by atoms with Gasteiger partial charge in [-0.2, -0.15) is 0 Å². The highest BCUT2D eigenvalue weighted by Crippen LogP contribution is 2.38. The van der Waals surface area contributed by atoms with Crippen LogP contribution in [0.1, 0.15) is 49.3 Å². The van der Waals surface area contributed by atoms with Gasteiger partial charge < -0.3 is 24.6 Å². The number of rotatable bonds is 6. The number of aromatic nitrogens is 1. The number of anilines is 1. The van der Waals surface area contributed by atoms with Crippen molar-refractivity contribution in [2.75, 3.05) is 38.8 Å². The lowest BCUT2D eigenvalue weighted by atomic mass is 10.0. The minimum Gasteiger partial charge on any atom is -0.497 e. The minimum absolute atomic E-state index is 0.00204. The third-order valence-corrected chi connectivity index (χ3v) is 6.25. The number of urea groups is 1. The Bertz CT molecular complexity index is 898. The van der Waals surface area contributed by atoms with Crippen molar-refractivity contribution < 1.29 is 14.3 Å². The SMILES string of the molecule is COc1ccc(C2CCCN2C(=O)NCc2ccnc(N3CCCCC3)c2)c(OC)c1. The zero-order valence-electron chi connectivity index (χ0n) is 18.5. The van der Waals surface area contributed by atoms with Gasteiger partial charge in [0.2, 0.25) is 0 Å². The molecule has 2 saturated heterocycles. The third-order valence-electron chi connectivity index (χ3n) is 6.25. The van der Waals surface area contributed by atoms with Gasteiger partial charge in [0.1, 0.15) is 17.3 Å². The van der Waals surface area contributed by atoms with Gasteiger partial charge >= 0.3 is 6.03 Å². The largest absolute Gasteiger partial charge is 0.497 e. The van der Waals surface area contributed by atoms with Gasteiger partial charge in [-0.3, -0.25) is 0 Å². The van der Waals surface area contributed by atoms with E-state index in [1.54, 1.807) is 14.2 Å². The van der Waals surface area contributed by atoms with Crippen molar-refractivity contribution in [3.63, 3.8) is 0 Å². The Morgan fingerprint density at radius 3 is 2.68 bits per heavy atom. The fourth-order valence-electron chi connectivity index (χ4n) is 4.57. The number of hydrogen-bond acceptors (Lipinski definition) is 5. The lowest BCUT2D eigenvalue weighted by Gasteiger charge is -2.28. The van der Waals surface area contributed by atoms with Crippen molar-refractivity contribution in [2.24, 2.45) is 0 Å². The van der Waals surface area contributed by atoms with Gasteiger partial charge in [-0.25, -0.2) is 9.78 Å². The number of likely N-dealkylation sites (tertiary alicyclic amines) is 1. The summed E-state index contributed by atoms with van der Waals surface area (Å²) in [4.78, 5) is 21.8. The van der Waals surface area contributed by atoms with Crippen molar-refractivity contribution >= 4 is 11.8 Å². The Morgan fingerprint density at radius 1 is 1.06 bits per heavy atom. The van der Waals surface area contributed by atoms with E-state index >= 15 is 0 Å². The van der Waals surface area contributed by atoms with Crippen molar-refractivity contribution in [1.82, 2.24) is 15.2 Å². The van der Waals surface area contributed by atoms with Crippen LogP contribution in [-0.2, 0) is 6.54 Å². The molecular formula is C24H32N4O3. The summed E-state index contributed by atoms with van der Waals surface area (Å²) in [5, 5.41) is 3.11. The Morgan fingerprint density at radius 2 is 1.90 bits per heavy atom. The van der Waals surface area contributed by atoms with Crippen LogP contribution in [0, 0.1) is 0 Å². The number of pyridine rings is 1. The van der Waals surface area contributed by atoms with E-state index in [0.29, 0.717) is 6.54 Å². The first-order chi connectivity index (χ1) is 15.2. The highest BCUT2D eigenvalue weighted by atomic mass is 16.5. The normalized spacial score (nSPS) is 18.7. The van der Waals surface area contributed by atoms with Gasteiger partial charge in [0.15, 0.2) is 0 Å². The fraction of sp³-hybridized carbons (Fsp3) is 0.500. The second kappa shape index (κ2) is 9.90. The van der Waals surface area contributed by atoms with Gasteiger partial charge in [0, 0.05) is 44.0 Å². The van der Waals surface area contributed by atoms with E-state index < -0.39 is 0 Å². The maximum absolute atomic E-state index is 13.0. The molecule has 7 nitrogen and oxygen atoms in total. The summed E-state index contributed by atoms with van der Waals surface area (Å²) in [6.07, 6.45) is 7.46. The number of carbonyl (C=O) groups excluding carboxylic acids is 1. The Labute approximate surface area is 184 Å². The van der Waals surface area contributed by atoms with Crippen LogP contribution in [-0.4, -0.2) is 49.8 Å². The van der Waals surface area contributed by atoms with Gasteiger partial charge in [0.05, 0.1) is 20.3 Å². The molecule has 1 aromatic carbocycles. The summed E-state index contributed by atoms with van der Waals surface area (Å²) >= 11 is 0. The molecule has 0 radical (unpaired) electrons. The highest BCUT2D eigenvalue weighted by Gasteiger charge is 2.32. The molecule has 2 aromatic rings. The second-order valence-corrected chi connectivity index (χ2v) is 8.19. The van der Waals surface area contributed by atoms with Crippen LogP contribution < -0.4 is 19.7 Å². The summed E-state index contributed by atoms with van der Waals surface area (Å²) in [5.74, 6) is 2.51. The van der Waals surface area contributed by atoms with Gasteiger partial charge in [0.25, 0.3) is 0 Å². The summed E-state index contributed by atoms with van der Waals surface area (Å²) in [7, 11) is 3.29. The first-order valence-electron chi connectivity index (χ1n) is 11.2. The maximum Gasteiger partial charge on any atom is 0.318 e. The van der Waals surface area contributed by atoms with Crippen LogP contribution in [0.3, 0.4) is 0 Å². The zero-order valence-corrected chi connectivity index (χ0v) is 18.5. The number of nitrogens with one attached hydrogen (secondary N) is 1. The van der Waals surface area contributed by atoms with Gasteiger partial charge in [-0.05, 0) is 61.9 Å². The molecule has 31 heavy (non-hydrogen) atoms. The maximum atomic E-state index is 13.0. The van der Waals surface area contributed by atoms with E-state index in [9.17, 15) is 4.79 Å². The van der Waals surface area contributed by atoms with E-state index in [2.05, 4.69) is 21.3 Å². The molecule has 2 fully saturated rings. The molecule has 4 rings (SSSR count). The standard InChI is InChI=1S/C24H32N4O3/c1-30-19-8-9-20(22(16-19)31-2)21-7-6-14-28(21)24(29)26-17-18-10-11-25-23(15-18)27-12-4-3-5-13-27/h8-11,15-16,21H,3-7,12-14,17H2,1-2H3,(H,26,29). The molecule has 166 valence electrons. The third kappa shape index (κ3) is 4.86. The predicted octanol–water partition coefficient (Wildman–Crippen LogP) is 4.14. The Hall–Kier alpha value is -2.96. The minimum atomic E-state index is -0.0447. The summed E-state index contributed by atoms with van der Waals surface area (Å²) in [6, 6.07) is 9.83. The Balaban J connectivity index is 1.42. The molecule has 0 spiro atoms. The number of nitrogens with zero attached hydrogens (tertiary/aromatic N) is 3. The second-order valence-electron chi connectivity index (χ2n) is 8.19. The quantitative estimate of drug-likeness (QED) is 0.755. The van der Waals surface area contributed by atoms with Crippen LogP contribution in [0.5, 0.6) is 11.5 Å². The number of ether oxygens (including phenoxy) is 2. The molecule has 7 heteroatoms. The van der Waals surface area contributed by atoms with E-state index in [1.165, 1.54) is 19.3 Å². The molecular weight excluding hydrogens is 392 g/mol. The molecule has 1 atom stereocenters. The zero-order chi connectivity index (χ0) is 21.6. The first kappa shape index (κ1) is 21.3. The summed E-state index contributed by atoms with van der Waals surface area (Å²) in [6.45, 7) is 3.34. The van der Waals surface area contributed by atoms with E-state index in [4.69, 9.17) is 9.47 Å². The summed E-state index contributed by atoms with van der Waals surface area (Å²) < 4.78 is 10.9. The molecule has 2 aliphatic heterocycles. The number of methoxy groups -OCH3 is 2. The molecule has 0 aliphatic carbocycles. The molecule has 3 heterocycles. The predicted molar refractivity (Wildman–Crippen MR) is 121 cm³/mol. The van der Waals surface area contributed by atoms with Crippen LogP contribution >= 0.6 is 0 Å². The molecule has 1 unspecified atom stereocenters. The lowest BCUT2D eigenvalue weighted by molar-refractivity contribution is 0.191. The molecule has 1 N–H and O–H groups in total. The number of hydrogen-bond donors (Lipinski definition) is 1. The van der Waals surface area contributed by atoms with Crippen molar-refractivity contribution in [3.05, 3.63) is 47.7 Å². The number of piperidine rings is 1. The average molecular weight is 425 g/mol. The van der Waals surface area contributed by atoms with Crippen LogP contribution in [0.15, 0.2) is 36.5 Å². The van der Waals surface area contributed by atoms with Crippen LogP contribution in [0.2, 0.25) is 0 Å². The summed E-state index contributed by atoms with van der Waals surface area (Å²) in [5.41, 5.74) is 2.09. The fourth-order valence-corrected chi connectivity index (χ4v) is 4.57. The molecule has 1 aromatic heterocycles. The van der Waals surface area contributed by atoms with Gasteiger partial charge in [-0.1, -0.05) is 0 Å². The highest BCUT2D eigenvalue weighted by molar-refractivity contribution is 5.75. The topological polar surface area (TPSA) is 66.9 Å². The molecule has 2 amide bonds.